The number of nitrogens with zero attached hydrogens (tertiary/aromatic N) is 3. The SMILES string of the molecule is CCN1CCN=C1c1ccc(CNC(=O)C(C)OCCN(C)S(=O)(=O)c2ccccc2C(F)(F)F)cc1. The Labute approximate surface area is 215 Å². The number of likely N-dealkylation sites (N-methyl/N-ethyl adjacent to an activating group) is 2. The Morgan fingerprint density at radius 1 is 1.19 bits per heavy atom. The van der Waals surface area contributed by atoms with Gasteiger partial charge in [-0.05, 0) is 31.5 Å². The van der Waals surface area contributed by atoms with Crippen LogP contribution in [0, 0.1) is 0 Å². The molecular formula is C25H31F3N4O4S. The summed E-state index contributed by atoms with van der Waals surface area (Å²) in [7, 11) is -3.25. The van der Waals surface area contributed by atoms with Crippen LogP contribution in [0.15, 0.2) is 58.4 Å². The van der Waals surface area contributed by atoms with Gasteiger partial charge in [0.05, 0.1) is 23.6 Å². The number of sulfonamides is 1. The maximum Gasteiger partial charge on any atom is 0.417 e. The summed E-state index contributed by atoms with van der Waals surface area (Å²) >= 11 is 0. The molecule has 1 aliphatic rings. The molecule has 2 aromatic rings. The van der Waals surface area contributed by atoms with Gasteiger partial charge in [-0.2, -0.15) is 17.5 Å². The lowest BCUT2D eigenvalue weighted by Gasteiger charge is -2.21. The van der Waals surface area contributed by atoms with Crippen molar-refractivity contribution in [3.63, 3.8) is 0 Å². The van der Waals surface area contributed by atoms with Gasteiger partial charge in [-0.15, -0.1) is 0 Å². The lowest BCUT2D eigenvalue weighted by atomic mass is 10.1. The Balaban J connectivity index is 1.48. The van der Waals surface area contributed by atoms with Gasteiger partial charge < -0.3 is 15.0 Å². The van der Waals surface area contributed by atoms with E-state index in [1.165, 1.54) is 13.0 Å². The smallest absolute Gasteiger partial charge is 0.367 e. The standard InChI is InChI=1S/C25H31F3N4O4S/c1-4-32-14-13-29-23(32)20-11-9-19(10-12-20)17-30-24(33)18(2)36-16-15-31(3)37(34,35)22-8-6-5-7-21(22)25(26,27)28/h5-12,18H,4,13-17H2,1-3H3,(H,30,33). The van der Waals surface area contributed by atoms with Crippen LogP contribution >= 0.6 is 0 Å². The first-order valence-corrected chi connectivity index (χ1v) is 13.3. The van der Waals surface area contributed by atoms with Crippen LogP contribution in [0.4, 0.5) is 13.2 Å². The number of rotatable bonds is 11. The van der Waals surface area contributed by atoms with Crippen molar-refractivity contribution >= 4 is 21.8 Å². The van der Waals surface area contributed by atoms with Crippen molar-refractivity contribution in [2.45, 2.75) is 37.6 Å². The Hall–Kier alpha value is -2.96. The van der Waals surface area contributed by atoms with E-state index in [4.69, 9.17) is 4.74 Å². The van der Waals surface area contributed by atoms with Crippen LogP contribution in [0.3, 0.4) is 0 Å². The van der Waals surface area contributed by atoms with E-state index in [0.717, 1.165) is 66.1 Å². The molecular weight excluding hydrogens is 509 g/mol. The predicted octanol–water partition coefficient (Wildman–Crippen LogP) is 3.13. The molecule has 0 aromatic heterocycles. The minimum atomic E-state index is -4.81. The number of hydrogen-bond acceptors (Lipinski definition) is 6. The third-order valence-corrected chi connectivity index (χ3v) is 7.93. The lowest BCUT2D eigenvalue weighted by Crippen LogP contribution is -2.37. The van der Waals surface area contributed by atoms with Gasteiger partial charge in [-0.3, -0.25) is 9.79 Å². The summed E-state index contributed by atoms with van der Waals surface area (Å²) < 4.78 is 71.3. The number of aliphatic imine (C=N–C) groups is 1. The van der Waals surface area contributed by atoms with Crippen molar-refractivity contribution < 1.29 is 31.1 Å². The van der Waals surface area contributed by atoms with Crippen molar-refractivity contribution in [3.05, 3.63) is 65.2 Å². The number of amidine groups is 1. The fraction of sp³-hybridized carbons (Fsp3) is 0.440. The summed E-state index contributed by atoms with van der Waals surface area (Å²) in [6.07, 6.45) is -5.70. The second-order valence-electron chi connectivity index (χ2n) is 8.53. The molecule has 202 valence electrons. The van der Waals surface area contributed by atoms with Crippen molar-refractivity contribution in [2.24, 2.45) is 4.99 Å². The molecule has 3 rings (SSSR count). The molecule has 0 saturated heterocycles. The summed E-state index contributed by atoms with van der Waals surface area (Å²) in [5.41, 5.74) is 0.672. The minimum Gasteiger partial charge on any atom is -0.367 e. The average Bonchev–Trinajstić information content (AvgIpc) is 3.36. The van der Waals surface area contributed by atoms with Gasteiger partial charge in [0.15, 0.2) is 0 Å². The van der Waals surface area contributed by atoms with Crippen LogP contribution in [0.25, 0.3) is 0 Å². The van der Waals surface area contributed by atoms with Crippen LogP contribution in [-0.4, -0.2) is 75.3 Å². The number of carbonyl (C=O) groups excluding carboxylic acids is 1. The van der Waals surface area contributed by atoms with E-state index in [1.54, 1.807) is 0 Å². The van der Waals surface area contributed by atoms with Crippen LogP contribution < -0.4 is 5.32 Å². The monoisotopic (exact) mass is 540 g/mol. The number of carbonyl (C=O) groups is 1. The summed E-state index contributed by atoms with van der Waals surface area (Å²) in [4.78, 5) is 18.3. The summed E-state index contributed by atoms with van der Waals surface area (Å²) in [5, 5.41) is 2.76. The molecule has 0 spiro atoms. The summed E-state index contributed by atoms with van der Waals surface area (Å²) in [6.45, 7) is 6.04. The molecule has 1 N–H and O–H groups in total. The molecule has 1 heterocycles. The maximum absolute atomic E-state index is 13.2. The number of nitrogens with one attached hydrogen (secondary N) is 1. The van der Waals surface area contributed by atoms with Gasteiger partial charge in [0, 0.05) is 38.8 Å². The molecule has 0 saturated carbocycles. The summed E-state index contributed by atoms with van der Waals surface area (Å²) in [6, 6.07) is 11.7. The Kier molecular flexibility index (Phi) is 9.32. The van der Waals surface area contributed by atoms with Gasteiger partial charge in [0.25, 0.3) is 0 Å². The van der Waals surface area contributed by atoms with Crippen LogP contribution in [-0.2, 0) is 32.3 Å². The molecule has 1 unspecified atom stereocenters. The van der Waals surface area contributed by atoms with Crippen LogP contribution in [0.1, 0.15) is 30.5 Å². The van der Waals surface area contributed by atoms with Gasteiger partial charge in [-0.25, -0.2) is 8.42 Å². The normalized spacial score (nSPS) is 15.1. The molecule has 1 aliphatic heterocycles. The van der Waals surface area contributed by atoms with E-state index in [2.05, 4.69) is 22.1 Å². The highest BCUT2D eigenvalue weighted by Gasteiger charge is 2.38. The maximum atomic E-state index is 13.2. The summed E-state index contributed by atoms with van der Waals surface area (Å²) in [5.74, 6) is 0.573. The van der Waals surface area contributed by atoms with Crippen LogP contribution in [0.2, 0.25) is 0 Å². The first kappa shape index (κ1) is 28.6. The second-order valence-corrected chi connectivity index (χ2v) is 10.5. The fourth-order valence-electron chi connectivity index (χ4n) is 3.82. The molecule has 0 bridgehead atoms. The molecule has 1 atom stereocenters. The van der Waals surface area contributed by atoms with Gasteiger partial charge in [0.2, 0.25) is 15.9 Å². The Morgan fingerprint density at radius 2 is 1.86 bits per heavy atom. The third kappa shape index (κ3) is 7.08. The van der Waals surface area contributed by atoms with E-state index < -0.39 is 38.7 Å². The highest BCUT2D eigenvalue weighted by atomic mass is 32.2. The Bertz CT molecular complexity index is 1220. The molecule has 12 heteroatoms. The van der Waals surface area contributed by atoms with E-state index in [1.807, 2.05) is 24.3 Å². The Morgan fingerprint density at radius 3 is 2.51 bits per heavy atom. The molecule has 37 heavy (non-hydrogen) atoms. The van der Waals surface area contributed by atoms with Gasteiger partial charge in [0.1, 0.15) is 11.9 Å². The number of hydrogen-bond donors (Lipinski definition) is 1. The van der Waals surface area contributed by atoms with Crippen molar-refractivity contribution in [1.29, 1.82) is 0 Å². The number of amides is 1. The average molecular weight is 541 g/mol. The zero-order valence-electron chi connectivity index (χ0n) is 21.0. The van der Waals surface area contributed by atoms with Crippen molar-refractivity contribution in [1.82, 2.24) is 14.5 Å². The van der Waals surface area contributed by atoms with E-state index >= 15 is 0 Å². The quantitative estimate of drug-likeness (QED) is 0.473. The molecule has 0 aliphatic carbocycles. The molecule has 2 aromatic carbocycles. The van der Waals surface area contributed by atoms with E-state index in [-0.39, 0.29) is 19.7 Å². The van der Waals surface area contributed by atoms with Gasteiger partial charge in [-0.1, -0.05) is 36.4 Å². The second kappa shape index (κ2) is 12.1. The third-order valence-electron chi connectivity index (χ3n) is 6.02. The van der Waals surface area contributed by atoms with Crippen molar-refractivity contribution in [2.75, 3.05) is 39.8 Å². The number of alkyl halides is 3. The van der Waals surface area contributed by atoms with Crippen LogP contribution in [0.5, 0.6) is 0 Å². The van der Waals surface area contributed by atoms with Crippen molar-refractivity contribution in [3.8, 4) is 0 Å². The minimum absolute atomic E-state index is 0.177. The zero-order valence-corrected chi connectivity index (χ0v) is 21.8. The number of ether oxygens (including phenoxy) is 1. The molecule has 0 radical (unpaired) electrons. The predicted molar refractivity (Wildman–Crippen MR) is 134 cm³/mol. The first-order valence-electron chi connectivity index (χ1n) is 11.9. The highest BCUT2D eigenvalue weighted by molar-refractivity contribution is 7.89. The van der Waals surface area contributed by atoms with E-state index in [0.29, 0.717) is 0 Å². The topological polar surface area (TPSA) is 91.3 Å². The molecule has 0 fully saturated rings. The largest absolute Gasteiger partial charge is 0.417 e. The number of benzene rings is 2. The number of halogens is 3. The highest BCUT2D eigenvalue weighted by Crippen LogP contribution is 2.34. The fourth-order valence-corrected chi connectivity index (χ4v) is 5.18. The van der Waals surface area contributed by atoms with Gasteiger partial charge >= 0.3 is 6.18 Å². The molecule has 1 amide bonds. The molecule has 8 nitrogen and oxygen atoms in total. The zero-order chi connectivity index (χ0) is 27.2. The first-order chi connectivity index (χ1) is 17.4. The van der Waals surface area contributed by atoms with E-state index in [9.17, 15) is 26.4 Å². The lowest BCUT2D eigenvalue weighted by molar-refractivity contribution is -0.140.